The van der Waals surface area contributed by atoms with Crippen LogP contribution in [0.1, 0.15) is 6.42 Å². The zero-order valence-electron chi connectivity index (χ0n) is 10.9. The number of benzene rings is 1. The molecule has 0 aromatic heterocycles. The number of morpholine rings is 1. The van der Waals surface area contributed by atoms with Gasteiger partial charge in [-0.1, -0.05) is 22.0 Å². The topological polar surface area (TPSA) is 49.9 Å². The Kier molecular flexibility index (Phi) is 3.87. The third-order valence-electron chi connectivity index (χ3n) is 3.68. The predicted molar refractivity (Wildman–Crippen MR) is 77.4 cm³/mol. The molecule has 0 radical (unpaired) electrons. The number of hydrogen-bond donors (Lipinski definition) is 0. The van der Waals surface area contributed by atoms with E-state index < -0.39 is 0 Å². The van der Waals surface area contributed by atoms with E-state index in [2.05, 4.69) is 15.9 Å². The molecule has 2 fully saturated rings. The predicted octanol–water partition coefficient (Wildman–Crippen LogP) is 1.41. The summed E-state index contributed by atoms with van der Waals surface area (Å²) in [7, 11) is 0. The van der Waals surface area contributed by atoms with Crippen LogP contribution in [0.4, 0.5) is 5.69 Å². The molecule has 106 valence electrons. The minimum atomic E-state index is -0.342. The van der Waals surface area contributed by atoms with Crippen LogP contribution < -0.4 is 4.90 Å². The highest BCUT2D eigenvalue weighted by Crippen LogP contribution is 2.27. The number of ether oxygens (including phenoxy) is 1. The van der Waals surface area contributed by atoms with E-state index in [4.69, 9.17) is 4.74 Å². The molecule has 0 unspecified atom stereocenters. The summed E-state index contributed by atoms with van der Waals surface area (Å²) in [6.07, 6.45) is 0.255. The molecule has 0 bridgehead atoms. The van der Waals surface area contributed by atoms with E-state index in [9.17, 15) is 9.59 Å². The molecule has 20 heavy (non-hydrogen) atoms. The highest BCUT2D eigenvalue weighted by molar-refractivity contribution is 9.10. The summed E-state index contributed by atoms with van der Waals surface area (Å²) in [5.74, 6) is -0.264. The Morgan fingerprint density at radius 1 is 1.20 bits per heavy atom. The van der Waals surface area contributed by atoms with Crippen molar-refractivity contribution in [3.63, 3.8) is 0 Å². The third kappa shape index (κ3) is 2.51. The van der Waals surface area contributed by atoms with Gasteiger partial charge in [-0.15, -0.1) is 0 Å². The van der Waals surface area contributed by atoms with Crippen LogP contribution in [-0.4, -0.2) is 49.1 Å². The maximum atomic E-state index is 12.5. The van der Waals surface area contributed by atoms with Crippen LogP contribution in [0.2, 0.25) is 0 Å². The first-order chi connectivity index (χ1) is 9.66. The molecule has 1 aromatic carbocycles. The maximum absolute atomic E-state index is 12.5. The molecule has 1 atom stereocenters. The Morgan fingerprint density at radius 3 is 2.65 bits per heavy atom. The Labute approximate surface area is 125 Å². The Bertz CT molecular complexity index is 543. The van der Waals surface area contributed by atoms with Crippen LogP contribution in [0.15, 0.2) is 28.7 Å². The second-order valence-electron chi connectivity index (χ2n) is 4.92. The third-order valence-corrected chi connectivity index (χ3v) is 4.17. The summed E-state index contributed by atoms with van der Waals surface area (Å²) in [5, 5.41) is 0. The fraction of sp³-hybridized carbons (Fsp3) is 0.429. The second-order valence-corrected chi connectivity index (χ2v) is 5.83. The van der Waals surface area contributed by atoms with Gasteiger partial charge in [-0.25, -0.2) is 4.90 Å². The van der Waals surface area contributed by atoms with Crippen LogP contribution in [0, 0.1) is 0 Å². The summed E-state index contributed by atoms with van der Waals surface area (Å²) in [4.78, 5) is 28.1. The van der Waals surface area contributed by atoms with Crippen molar-refractivity contribution >= 4 is 33.4 Å². The first-order valence-corrected chi connectivity index (χ1v) is 7.40. The molecule has 2 aliphatic heterocycles. The number of carbonyl (C=O) groups is 2. The zero-order chi connectivity index (χ0) is 14.1. The summed E-state index contributed by atoms with van der Waals surface area (Å²) in [6, 6.07) is 6.92. The Balaban J connectivity index is 1.83. The fourth-order valence-corrected chi connectivity index (χ4v) is 3.06. The first kappa shape index (κ1) is 13.7. The van der Waals surface area contributed by atoms with Crippen LogP contribution >= 0.6 is 15.9 Å². The average molecular weight is 339 g/mol. The van der Waals surface area contributed by atoms with Crippen molar-refractivity contribution in [2.75, 3.05) is 31.2 Å². The largest absolute Gasteiger partial charge is 0.379 e. The highest BCUT2D eigenvalue weighted by Gasteiger charge is 2.42. The molecule has 2 aliphatic rings. The molecule has 2 heterocycles. The van der Waals surface area contributed by atoms with Gasteiger partial charge in [0.1, 0.15) is 0 Å². The van der Waals surface area contributed by atoms with Gasteiger partial charge in [-0.3, -0.25) is 14.5 Å². The van der Waals surface area contributed by atoms with Crippen molar-refractivity contribution in [3.05, 3.63) is 28.7 Å². The normalized spacial score (nSPS) is 24.4. The highest BCUT2D eigenvalue weighted by atomic mass is 79.9. The van der Waals surface area contributed by atoms with Crippen LogP contribution in [-0.2, 0) is 14.3 Å². The van der Waals surface area contributed by atoms with Gasteiger partial charge in [0.05, 0.1) is 31.4 Å². The zero-order valence-corrected chi connectivity index (χ0v) is 12.5. The summed E-state index contributed by atoms with van der Waals surface area (Å²) in [5.41, 5.74) is 0.630. The molecule has 2 amide bonds. The molecule has 0 aliphatic carbocycles. The van der Waals surface area contributed by atoms with Crippen LogP contribution in [0.25, 0.3) is 0 Å². The quantitative estimate of drug-likeness (QED) is 0.765. The van der Waals surface area contributed by atoms with E-state index in [1.54, 1.807) is 12.1 Å². The van der Waals surface area contributed by atoms with Gasteiger partial charge in [0.2, 0.25) is 5.91 Å². The van der Waals surface area contributed by atoms with Gasteiger partial charge in [-0.2, -0.15) is 0 Å². The SMILES string of the molecule is O=C1C[C@H](N2CCOCC2)C(=O)N1c1cccc(Br)c1. The first-order valence-electron chi connectivity index (χ1n) is 6.61. The van der Waals surface area contributed by atoms with E-state index in [-0.39, 0.29) is 24.3 Å². The van der Waals surface area contributed by atoms with E-state index in [1.165, 1.54) is 4.90 Å². The number of nitrogens with zero attached hydrogens (tertiary/aromatic N) is 2. The molecule has 0 saturated carbocycles. The molecular weight excluding hydrogens is 324 g/mol. The molecule has 0 N–H and O–H groups in total. The lowest BCUT2D eigenvalue weighted by Gasteiger charge is -2.30. The minimum Gasteiger partial charge on any atom is -0.379 e. The van der Waals surface area contributed by atoms with Crippen molar-refractivity contribution < 1.29 is 14.3 Å². The van der Waals surface area contributed by atoms with Crippen LogP contribution in [0.5, 0.6) is 0 Å². The monoisotopic (exact) mass is 338 g/mol. The summed E-state index contributed by atoms with van der Waals surface area (Å²) >= 11 is 3.36. The van der Waals surface area contributed by atoms with Crippen molar-refractivity contribution in [2.45, 2.75) is 12.5 Å². The smallest absolute Gasteiger partial charge is 0.251 e. The van der Waals surface area contributed by atoms with Crippen molar-refractivity contribution in [1.29, 1.82) is 0 Å². The number of hydrogen-bond acceptors (Lipinski definition) is 4. The molecule has 1 aromatic rings. The Hall–Kier alpha value is -1.24. The van der Waals surface area contributed by atoms with Gasteiger partial charge in [0, 0.05) is 17.6 Å². The number of halogens is 1. The lowest BCUT2D eigenvalue weighted by molar-refractivity contribution is -0.123. The number of imide groups is 1. The van der Waals surface area contributed by atoms with Crippen LogP contribution in [0.3, 0.4) is 0 Å². The van der Waals surface area contributed by atoms with Crippen molar-refractivity contribution in [2.24, 2.45) is 0 Å². The molecular formula is C14H15BrN2O3. The second kappa shape index (κ2) is 5.63. The number of rotatable bonds is 2. The molecule has 2 saturated heterocycles. The number of carbonyl (C=O) groups excluding carboxylic acids is 2. The van der Waals surface area contributed by atoms with Gasteiger partial charge < -0.3 is 4.74 Å². The van der Waals surface area contributed by atoms with E-state index >= 15 is 0 Å². The van der Waals surface area contributed by atoms with Crippen molar-refractivity contribution in [1.82, 2.24) is 4.90 Å². The average Bonchev–Trinajstić information content (AvgIpc) is 2.75. The van der Waals surface area contributed by atoms with Gasteiger partial charge >= 0.3 is 0 Å². The maximum Gasteiger partial charge on any atom is 0.251 e. The van der Waals surface area contributed by atoms with Gasteiger partial charge in [0.25, 0.3) is 5.91 Å². The minimum absolute atomic E-state index is 0.130. The lowest BCUT2D eigenvalue weighted by Crippen LogP contribution is -2.47. The molecule has 6 heteroatoms. The fourth-order valence-electron chi connectivity index (χ4n) is 2.68. The van der Waals surface area contributed by atoms with E-state index in [0.29, 0.717) is 32.0 Å². The molecule has 3 rings (SSSR count). The lowest BCUT2D eigenvalue weighted by atomic mass is 10.2. The van der Waals surface area contributed by atoms with Crippen molar-refractivity contribution in [3.8, 4) is 0 Å². The summed E-state index contributed by atoms with van der Waals surface area (Å²) < 4.78 is 6.14. The molecule has 0 spiro atoms. The van der Waals surface area contributed by atoms with Gasteiger partial charge in [0.15, 0.2) is 0 Å². The number of anilines is 1. The molecule has 5 nitrogen and oxygen atoms in total. The standard InChI is InChI=1S/C14H15BrN2O3/c15-10-2-1-3-11(8-10)17-13(18)9-12(14(17)19)16-4-6-20-7-5-16/h1-3,8,12H,4-7,9H2/t12-/m0/s1. The number of amides is 2. The van der Waals surface area contributed by atoms with E-state index in [1.807, 2.05) is 17.0 Å². The summed E-state index contributed by atoms with van der Waals surface area (Å²) in [6.45, 7) is 2.65. The Morgan fingerprint density at radius 2 is 1.95 bits per heavy atom. The van der Waals surface area contributed by atoms with E-state index in [0.717, 1.165) is 4.47 Å². The van der Waals surface area contributed by atoms with Gasteiger partial charge in [-0.05, 0) is 18.2 Å².